The molecule has 5 heteroatoms. The quantitative estimate of drug-likeness (QED) is 0.834. The van der Waals surface area contributed by atoms with Gasteiger partial charge in [-0.25, -0.2) is 9.78 Å². The van der Waals surface area contributed by atoms with Gasteiger partial charge in [-0.05, 0) is 32.0 Å². The van der Waals surface area contributed by atoms with Crippen molar-refractivity contribution in [1.82, 2.24) is 9.55 Å². The molecule has 0 radical (unpaired) electrons. The summed E-state index contributed by atoms with van der Waals surface area (Å²) in [6.07, 6.45) is 0.399. The Kier molecular flexibility index (Phi) is 3.10. The van der Waals surface area contributed by atoms with Crippen LogP contribution in [0.3, 0.4) is 0 Å². The molecule has 1 unspecified atom stereocenters. The maximum atomic E-state index is 11.3. The molecule has 0 saturated heterocycles. The second-order valence-electron chi connectivity index (χ2n) is 3.95. The largest absolute Gasteiger partial charge is 0.480 e. The van der Waals surface area contributed by atoms with Crippen LogP contribution in [-0.4, -0.2) is 27.2 Å². The summed E-state index contributed by atoms with van der Waals surface area (Å²) < 4.78 is 1.74. The average molecular weight is 233 g/mol. The standard InChI is InChI=1S/C12H15N3O2/c1-8-14-9-4-2-3-5-10(9)15(8)11(6-7-13)12(16)17/h2-5,11H,6-7,13H2,1H3,(H,16,17). The van der Waals surface area contributed by atoms with Crippen LogP contribution < -0.4 is 5.73 Å². The van der Waals surface area contributed by atoms with Crippen LogP contribution in [0.4, 0.5) is 0 Å². The number of aliphatic carboxylic acids is 1. The highest BCUT2D eigenvalue weighted by Gasteiger charge is 2.22. The lowest BCUT2D eigenvalue weighted by Gasteiger charge is -2.15. The minimum Gasteiger partial charge on any atom is -0.480 e. The van der Waals surface area contributed by atoms with Gasteiger partial charge in [0.2, 0.25) is 0 Å². The molecule has 0 bridgehead atoms. The number of para-hydroxylation sites is 2. The number of aryl methyl sites for hydroxylation is 1. The van der Waals surface area contributed by atoms with Crippen LogP contribution in [0.1, 0.15) is 18.3 Å². The van der Waals surface area contributed by atoms with Gasteiger partial charge in [-0.1, -0.05) is 12.1 Å². The summed E-state index contributed by atoms with van der Waals surface area (Å²) in [6, 6.07) is 6.87. The van der Waals surface area contributed by atoms with Crippen molar-refractivity contribution in [2.24, 2.45) is 5.73 Å². The topological polar surface area (TPSA) is 81.1 Å². The van der Waals surface area contributed by atoms with Gasteiger partial charge in [0, 0.05) is 0 Å². The Labute approximate surface area is 98.9 Å². The number of nitrogens with two attached hydrogens (primary N) is 1. The van der Waals surface area contributed by atoms with E-state index in [1.807, 2.05) is 31.2 Å². The first-order valence-corrected chi connectivity index (χ1v) is 5.51. The fourth-order valence-electron chi connectivity index (χ4n) is 2.08. The van der Waals surface area contributed by atoms with Gasteiger partial charge in [-0.3, -0.25) is 0 Å². The van der Waals surface area contributed by atoms with E-state index >= 15 is 0 Å². The molecule has 0 amide bonds. The normalized spacial score (nSPS) is 12.8. The van der Waals surface area contributed by atoms with Gasteiger partial charge in [0.15, 0.2) is 0 Å². The van der Waals surface area contributed by atoms with E-state index in [-0.39, 0.29) is 0 Å². The number of imidazole rings is 1. The zero-order valence-corrected chi connectivity index (χ0v) is 9.63. The van der Waals surface area contributed by atoms with E-state index in [1.54, 1.807) is 4.57 Å². The van der Waals surface area contributed by atoms with Crippen LogP contribution in [0.2, 0.25) is 0 Å². The highest BCUT2D eigenvalue weighted by molar-refractivity contribution is 5.80. The number of rotatable bonds is 4. The van der Waals surface area contributed by atoms with Crippen molar-refractivity contribution in [2.45, 2.75) is 19.4 Å². The van der Waals surface area contributed by atoms with Gasteiger partial charge < -0.3 is 15.4 Å². The third-order valence-electron chi connectivity index (χ3n) is 2.81. The molecular formula is C12H15N3O2. The first-order chi connectivity index (χ1) is 8.15. The molecule has 5 nitrogen and oxygen atoms in total. The summed E-state index contributed by atoms with van der Waals surface area (Å²) in [5, 5.41) is 9.26. The molecular weight excluding hydrogens is 218 g/mol. The Morgan fingerprint density at radius 1 is 1.53 bits per heavy atom. The highest BCUT2D eigenvalue weighted by atomic mass is 16.4. The number of nitrogens with zero attached hydrogens (tertiary/aromatic N) is 2. The Morgan fingerprint density at radius 2 is 2.24 bits per heavy atom. The van der Waals surface area contributed by atoms with E-state index in [9.17, 15) is 9.90 Å². The monoisotopic (exact) mass is 233 g/mol. The lowest BCUT2D eigenvalue weighted by Crippen LogP contribution is -2.23. The van der Waals surface area contributed by atoms with Crippen LogP contribution in [0.5, 0.6) is 0 Å². The van der Waals surface area contributed by atoms with Gasteiger partial charge in [-0.15, -0.1) is 0 Å². The van der Waals surface area contributed by atoms with Crippen LogP contribution in [0, 0.1) is 6.92 Å². The average Bonchev–Trinajstić information content (AvgIpc) is 2.62. The van der Waals surface area contributed by atoms with E-state index in [4.69, 9.17) is 5.73 Å². The number of carboxylic acid groups (broad SMARTS) is 1. The number of hydrogen-bond acceptors (Lipinski definition) is 3. The van der Waals surface area contributed by atoms with Crippen LogP contribution in [0.25, 0.3) is 11.0 Å². The second kappa shape index (κ2) is 4.55. The van der Waals surface area contributed by atoms with Crippen molar-refractivity contribution in [3.63, 3.8) is 0 Å². The number of carboxylic acids is 1. The predicted octanol–water partition coefficient (Wildman–Crippen LogP) is 1.32. The number of benzene rings is 1. The summed E-state index contributed by atoms with van der Waals surface area (Å²) >= 11 is 0. The molecule has 3 N–H and O–H groups in total. The first-order valence-electron chi connectivity index (χ1n) is 5.51. The van der Waals surface area contributed by atoms with E-state index in [1.165, 1.54) is 0 Å². The van der Waals surface area contributed by atoms with Crippen molar-refractivity contribution in [1.29, 1.82) is 0 Å². The molecule has 0 spiro atoms. The Bertz CT molecular complexity index is 548. The van der Waals surface area contributed by atoms with E-state index in [0.29, 0.717) is 18.8 Å². The zero-order valence-electron chi connectivity index (χ0n) is 9.63. The maximum absolute atomic E-state index is 11.3. The second-order valence-corrected chi connectivity index (χ2v) is 3.95. The summed E-state index contributed by atoms with van der Waals surface area (Å²) in [5.74, 6) is -0.172. The van der Waals surface area contributed by atoms with Gasteiger partial charge in [0.25, 0.3) is 0 Å². The number of aromatic nitrogens is 2. The molecule has 0 saturated carbocycles. The fourth-order valence-corrected chi connectivity index (χ4v) is 2.08. The molecule has 2 aromatic rings. The molecule has 1 aromatic heterocycles. The van der Waals surface area contributed by atoms with E-state index < -0.39 is 12.0 Å². The maximum Gasteiger partial charge on any atom is 0.326 e. The van der Waals surface area contributed by atoms with Crippen molar-refractivity contribution >= 4 is 17.0 Å². The van der Waals surface area contributed by atoms with Crippen LogP contribution in [0.15, 0.2) is 24.3 Å². The SMILES string of the molecule is Cc1nc2ccccc2n1C(CCN)C(=O)O. The highest BCUT2D eigenvalue weighted by Crippen LogP contribution is 2.22. The summed E-state index contributed by atoms with van der Waals surface area (Å²) in [5.41, 5.74) is 7.12. The van der Waals surface area contributed by atoms with Gasteiger partial charge in [0.05, 0.1) is 11.0 Å². The van der Waals surface area contributed by atoms with Crippen molar-refractivity contribution in [2.75, 3.05) is 6.54 Å². The van der Waals surface area contributed by atoms with Gasteiger partial charge >= 0.3 is 5.97 Å². The fraction of sp³-hybridized carbons (Fsp3) is 0.333. The van der Waals surface area contributed by atoms with Crippen molar-refractivity contribution < 1.29 is 9.90 Å². The summed E-state index contributed by atoms with van der Waals surface area (Å²) in [7, 11) is 0. The third kappa shape index (κ3) is 2.01. The molecule has 0 fully saturated rings. The van der Waals surface area contributed by atoms with Crippen molar-refractivity contribution in [3.05, 3.63) is 30.1 Å². The Morgan fingerprint density at radius 3 is 2.88 bits per heavy atom. The summed E-state index contributed by atoms with van der Waals surface area (Å²) in [6.45, 7) is 2.15. The van der Waals surface area contributed by atoms with Gasteiger partial charge in [0.1, 0.15) is 11.9 Å². The van der Waals surface area contributed by atoms with E-state index in [2.05, 4.69) is 4.98 Å². The smallest absolute Gasteiger partial charge is 0.326 e. The zero-order chi connectivity index (χ0) is 12.4. The predicted molar refractivity (Wildman–Crippen MR) is 64.8 cm³/mol. The number of carbonyl (C=O) groups is 1. The molecule has 0 aliphatic heterocycles. The minimum absolute atomic E-state index is 0.336. The summed E-state index contributed by atoms with van der Waals surface area (Å²) in [4.78, 5) is 15.6. The number of hydrogen-bond donors (Lipinski definition) is 2. The van der Waals surface area contributed by atoms with Crippen LogP contribution >= 0.6 is 0 Å². The molecule has 90 valence electrons. The van der Waals surface area contributed by atoms with Crippen molar-refractivity contribution in [3.8, 4) is 0 Å². The molecule has 17 heavy (non-hydrogen) atoms. The van der Waals surface area contributed by atoms with E-state index in [0.717, 1.165) is 11.0 Å². The molecule has 0 aliphatic rings. The molecule has 1 aromatic carbocycles. The minimum atomic E-state index is -0.873. The van der Waals surface area contributed by atoms with Crippen LogP contribution in [-0.2, 0) is 4.79 Å². The molecule has 1 heterocycles. The Hall–Kier alpha value is -1.88. The lowest BCUT2D eigenvalue weighted by molar-refractivity contribution is -0.141. The number of fused-ring (bicyclic) bond motifs is 1. The molecule has 0 aliphatic carbocycles. The third-order valence-corrected chi connectivity index (χ3v) is 2.81. The lowest BCUT2D eigenvalue weighted by atomic mass is 10.2. The van der Waals surface area contributed by atoms with Gasteiger partial charge in [-0.2, -0.15) is 0 Å². The molecule has 1 atom stereocenters. The molecule has 2 rings (SSSR count). The first kappa shape index (κ1) is 11.6. The Balaban J connectivity index is 2.59.